The molecular weight excluding hydrogens is 470 g/mol. The highest BCUT2D eigenvalue weighted by molar-refractivity contribution is 7.85. The fourth-order valence-electron chi connectivity index (χ4n) is 8.91. The molecule has 0 unspecified atom stereocenters. The van der Waals surface area contributed by atoms with E-state index in [1.165, 1.54) is 0 Å². The largest absolute Gasteiger partial charge is 0.393 e. The second-order valence-electron chi connectivity index (χ2n) is 12.5. The van der Waals surface area contributed by atoms with E-state index in [0.717, 1.165) is 19.3 Å². The minimum absolute atomic E-state index is 0.00996. The molecule has 0 heterocycles. The van der Waals surface area contributed by atoms with Crippen LogP contribution in [0.15, 0.2) is 0 Å². The van der Waals surface area contributed by atoms with Gasteiger partial charge in [0.05, 0.1) is 18.0 Å². The van der Waals surface area contributed by atoms with Crippen LogP contribution in [0.3, 0.4) is 0 Å². The van der Waals surface area contributed by atoms with Crippen LogP contribution in [0, 0.1) is 46.3 Å². The lowest BCUT2D eigenvalue weighted by Gasteiger charge is -2.63. The smallest absolute Gasteiger partial charge is 0.266 e. The van der Waals surface area contributed by atoms with Crippen LogP contribution in [0.25, 0.3) is 0 Å². The van der Waals surface area contributed by atoms with Gasteiger partial charge in [-0.25, -0.2) is 0 Å². The Hall–Kier alpha value is -1.03. The molecule has 0 spiro atoms. The third-order valence-corrected chi connectivity index (χ3v) is 11.6. The zero-order valence-electron chi connectivity index (χ0n) is 21.3. The molecule has 4 fully saturated rings. The Kier molecular flexibility index (Phi) is 7.48. The van der Waals surface area contributed by atoms with Gasteiger partial charge in [-0.15, -0.1) is 0 Å². The number of ketones is 1. The minimum atomic E-state index is -4.10. The molecular formula is C26H43NO7S. The van der Waals surface area contributed by atoms with Crippen molar-refractivity contribution in [2.45, 2.75) is 90.8 Å². The van der Waals surface area contributed by atoms with Crippen LogP contribution in [-0.2, 0) is 19.7 Å². The van der Waals surface area contributed by atoms with Gasteiger partial charge < -0.3 is 15.5 Å². The number of fused-ring (bicyclic) bond motifs is 5. The van der Waals surface area contributed by atoms with Crippen molar-refractivity contribution in [2.75, 3.05) is 12.3 Å². The normalized spacial score (nSPS) is 44.2. The van der Waals surface area contributed by atoms with E-state index < -0.39 is 28.1 Å². The summed E-state index contributed by atoms with van der Waals surface area (Å²) in [6.07, 6.45) is 5.25. The van der Waals surface area contributed by atoms with Crippen LogP contribution in [0.5, 0.6) is 0 Å². The van der Waals surface area contributed by atoms with Gasteiger partial charge in [0.15, 0.2) is 0 Å². The molecule has 8 nitrogen and oxygen atoms in total. The highest BCUT2D eigenvalue weighted by atomic mass is 32.2. The summed E-state index contributed by atoms with van der Waals surface area (Å²) in [6.45, 7) is 6.49. The number of carbonyl (C=O) groups is 2. The molecule has 0 bridgehead atoms. The van der Waals surface area contributed by atoms with E-state index in [2.05, 4.69) is 26.1 Å². The van der Waals surface area contributed by atoms with Crippen molar-refractivity contribution in [3.63, 3.8) is 0 Å². The highest BCUT2D eigenvalue weighted by Gasteiger charge is 2.65. The van der Waals surface area contributed by atoms with Gasteiger partial charge in [-0.2, -0.15) is 8.42 Å². The molecule has 4 aliphatic carbocycles. The first-order valence-electron chi connectivity index (χ1n) is 13.4. The number of hydrogen-bond acceptors (Lipinski definition) is 6. The summed E-state index contributed by atoms with van der Waals surface area (Å²) < 4.78 is 30.5. The quantitative estimate of drug-likeness (QED) is 0.383. The number of aliphatic hydroxyl groups excluding tert-OH is 2. The number of carbonyl (C=O) groups excluding carboxylic acids is 2. The molecule has 4 aliphatic rings. The molecule has 9 heteroatoms. The predicted molar refractivity (Wildman–Crippen MR) is 131 cm³/mol. The molecule has 0 aromatic carbocycles. The lowest BCUT2D eigenvalue weighted by Crippen LogP contribution is -2.62. The molecule has 1 amide bonds. The monoisotopic (exact) mass is 513 g/mol. The molecule has 4 N–H and O–H groups in total. The highest BCUT2D eigenvalue weighted by Crippen LogP contribution is 2.68. The molecule has 0 aromatic heterocycles. The van der Waals surface area contributed by atoms with E-state index in [1.807, 2.05) is 0 Å². The number of nitrogens with one attached hydrogen (secondary N) is 1. The van der Waals surface area contributed by atoms with E-state index in [4.69, 9.17) is 4.55 Å². The van der Waals surface area contributed by atoms with Crippen LogP contribution in [0.4, 0.5) is 0 Å². The van der Waals surface area contributed by atoms with Gasteiger partial charge in [0.1, 0.15) is 5.78 Å². The van der Waals surface area contributed by atoms with Crippen molar-refractivity contribution < 1.29 is 32.8 Å². The number of rotatable bonds is 7. The molecule has 0 aromatic rings. The maximum absolute atomic E-state index is 12.2. The zero-order valence-corrected chi connectivity index (χ0v) is 22.1. The average Bonchev–Trinajstić information content (AvgIpc) is 3.12. The Morgan fingerprint density at radius 2 is 1.89 bits per heavy atom. The van der Waals surface area contributed by atoms with E-state index in [0.29, 0.717) is 37.9 Å². The predicted octanol–water partition coefficient (Wildman–Crippen LogP) is 2.58. The number of hydrogen-bond donors (Lipinski definition) is 4. The van der Waals surface area contributed by atoms with Crippen LogP contribution in [0.2, 0.25) is 0 Å². The summed E-state index contributed by atoms with van der Waals surface area (Å²) in [7, 11) is -4.10. The van der Waals surface area contributed by atoms with Crippen molar-refractivity contribution in [1.82, 2.24) is 5.32 Å². The Labute approximate surface area is 209 Å². The van der Waals surface area contributed by atoms with E-state index in [1.54, 1.807) is 0 Å². The van der Waals surface area contributed by atoms with Crippen molar-refractivity contribution in [3.05, 3.63) is 0 Å². The molecule has 4 saturated carbocycles. The third kappa shape index (κ3) is 4.94. The molecule has 0 saturated heterocycles. The SMILES string of the molecule is C[C@H](CCC(=O)NCCS(=O)(=O)O)[C@H]1CC[C@H]2[C@@H]3[C@H](O)C[C@@H]4CC(=O)CC[C@]4(C)[C@H]3C[C@H](O)[C@]12C. The molecule has 200 valence electrons. The van der Waals surface area contributed by atoms with Gasteiger partial charge in [0.25, 0.3) is 10.1 Å². The summed E-state index contributed by atoms with van der Waals surface area (Å²) in [5.41, 5.74) is -0.333. The van der Waals surface area contributed by atoms with E-state index >= 15 is 0 Å². The summed E-state index contributed by atoms with van der Waals surface area (Å²) in [5.74, 6) is 0.777. The maximum Gasteiger partial charge on any atom is 0.266 e. The molecule has 4 rings (SSSR count). The molecule has 0 radical (unpaired) electrons. The van der Waals surface area contributed by atoms with E-state index in [-0.39, 0.29) is 65.2 Å². The lowest BCUT2D eigenvalue weighted by atomic mass is 9.43. The Morgan fingerprint density at radius 1 is 1.17 bits per heavy atom. The summed E-state index contributed by atoms with van der Waals surface area (Å²) in [4.78, 5) is 24.4. The first kappa shape index (κ1) is 27.0. The number of Topliss-reactive ketones (excluding diaryl/α,β-unsaturated/α-hetero) is 1. The molecule has 10 atom stereocenters. The van der Waals surface area contributed by atoms with Crippen LogP contribution >= 0.6 is 0 Å². The van der Waals surface area contributed by atoms with Crippen LogP contribution in [-0.4, -0.2) is 59.4 Å². The maximum atomic E-state index is 12.2. The van der Waals surface area contributed by atoms with Crippen molar-refractivity contribution >= 4 is 21.8 Å². The Morgan fingerprint density at radius 3 is 2.57 bits per heavy atom. The van der Waals surface area contributed by atoms with E-state index in [9.17, 15) is 28.2 Å². The first-order valence-corrected chi connectivity index (χ1v) is 15.0. The lowest BCUT2D eigenvalue weighted by molar-refractivity contribution is -0.201. The summed E-state index contributed by atoms with van der Waals surface area (Å²) in [5, 5.41) is 25.5. The Bertz CT molecular complexity index is 938. The Balaban J connectivity index is 1.44. The van der Waals surface area contributed by atoms with Gasteiger partial charge in [0, 0.05) is 25.8 Å². The second kappa shape index (κ2) is 9.69. The second-order valence-corrected chi connectivity index (χ2v) is 14.1. The number of aliphatic hydroxyl groups is 2. The third-order valence-electron chi connectivity index (χ3n) is 10.9. The van der Waals surface area contributed by atoms with Gasteiger partial charge in [-0.1, -0.05) is 20.8 Å². The van der Waals surface area contributed by atoms with Gasteiger partial charge >= 0.3 is 0 Å². The van der Waals surface area contributed by atoms with Crippen LogP contribution < -0.4 is 5.32 Å². The van der Waals surface area contributed by atoms with Crippen molar-refractivity contribution in [2.24, 2.45) is 46.3 Å². The van der Waals surface area contributed by atoms with Gasteiger partial charge in [-0.3, -0.25) is 14.1 Å². The standard InChI is InChI=1S/C26H43NO7S/c1-15(4-7-23(31)27-10-11-35(32,33)34)18-5-6-19-24-20(14-22(30)26(18,19)3)25(2)9-8-17(28)12-16(25)13-21(24)29/h15-16,18-22,24,29-30H,4-14H2,1-3H3,(H,27,31)(H,32,33,34)/t15-,16+,18-,19+,20+,21-,22+,24+,25+,26-/m1/s1. The van der Waals surface area contributed by atoms with Crippen molar-refractivity contribution in [1.29, 1.82) is 0 Å². The summed E-state index contributed by atoms with van der Waals surface area (Å²) >= 11 is 0. The molecule has 0 aliphatic heterocycles. The van der Waals surface area contributed by atoms with Gasteiger partial charge in [0.2, 0.25) is 5.91 Å². The topological polar surface area (TPSA) is 141 Å². The average molecular weight is 514 g/mol. The minimum Gasteiger partial charge on any atom is -0.393 e. The molecule has 35 heavy (non-hydrogen) atoms. The fourth-order valence-corrected chi connectivity index (χ4v) is 9.27. The number of amides is 1. The zero-order chi connectivity index (χ0) is 25.8. The van der Waals surface area contributed by atoms with Crippen LogP contribution in [0.1, 0.15) is 78.6 Å². The van der Waals surface area contributed by atoms with Gasteiger partial charge in [-0.05, 0) is 84.9 Å². The van der Waals surface area contributed by atoms with Crippen molar-refractivity contribution in [3.8, 4) is 0 Å². The first-order chi connectivity index (χ1) is 16.3. The fraction of sp³-hybridized carbons (Fsp3) is 0.923. The summed E-state index contributed by atoms with van der Waals surface area (Å²) in [6, 6.07) is 0.